The maximum absolute atomic E-state index is 12.5. The van der Waals surface area contributed by atoms with Crippen molar-refractivity contribution in [2.45, 2.75) is 39.5 Å². The Kier molecular flexibility index (Phi) is 5.84. The van der Waals surface area contributed by atoms with Gasteiger partial charge >= 0.3 is 0 Å². The van der Waals surface area contributed by atoms with E-state index < -0.39 is 10.2 Å². The molecule has 2 fully saturated rings. The molecule has 1 unspecified atom stereocenters. The lowest BCUT2D eigenvalue weighted by atomic mass is 9.98. The molecule has 0 aromatic heterocycles. The molecule has 0 saturated carbocycles. The highest BCUT2D eigenvalue weighted by molar-refractivity contribution is 7.86. The highest BCUT2D eigenvalue weighted by Crippen LogP contribution is 2.25. The van der Waals surface area contributed by atoms with E-state index in [0.717, 1.165) is 38.8 Å². The summed E-state index contributed by atoms with van der Waals surface area (Å²) in [5, 5.41) is 3.44. The number of hydrogen-bond acceptors (Lipinski definition) is 3. The van der Waals surface area contributed by atoms with Crippen LogP contribution in [0.2, 0.25) is 0 Å². The van der Waals surface area contributed by atoms with E-state index in [-0.39, 0.29) is 0 Å². The van der Waals surface area contributed by atoms with Crippen LogP contribution < -0.4 is 5.32 Å². The first-order valence-electron chi connectivity index (χ1n) is 8.00. The maximum atomic E-state index is 12.5. The lowest BCUT2D eigenvalue weighted by Crippen LogP contribution is -2.47. The van der Waals surface area contributed by atoms with E-state index in [0.29, 0.717) is 38.0 Å². The van der Waals surface area contributed by atoms with Gasteiger partial charge in [-0.1, -0.05) is 13.8 Å². The first-order chi connectivity index (χ1) is 9.54. The number of hydrogen-bond donors (Lipinski definition) is 1. The molecule has 118 valence electrons. The molecule has 0 aromatic rings. The second-order valence-corrected chi connectivity index (χ2v) is 8.23. The summed E-state index contributed by atoms with van der Waals surface area (Å²) in [7, 11) is -3.20. The number of nitrogens with one attached hydrogen (secondary N) is 1. The fraction of sp³-hybridized carbons (Fsp3) is 1.00. The highest BCUT2D eigenvalue weighted by Gasteiger charge is 2.35. The molecule has 1 atom stereocenters. The Balaban J connectivity index is 1.81. The molecule has 5 nitrogen and oxygen atoms in total. The van der Waals surface area contributed by atoms with Crippen LogP contribution in [-0.2, 0) is 10.2 Å². The van der Waals surface area contributed by atoms with Crippen molar-refractivity contribution in [2.75, 3.05) is 39.3 Å². The van der Waals surface area contributed by atoms with Crippen LogP contribution in [-0.4, -0.2) is 56.3 Å². The van der Waals surface area contributed by atoms with Crippen LogP contribution in [0.3, 0.4) is 0 Å². The third kappa shape index (κ3) is 3.93. The molecule has 6 heteroatoms. The Morgan fingerprint density at radius 1 is 1.10 bits per heavy atom. The summed E-state index contributed by atoms with van der Waals surface area (Å²) in [6.45, 7) is 9.15. The van der Waals surface area contributed by atoms with Crippen LogP contribution >= 0.6 is 0 Å². The zero-order valence-electron chi connectivity index (χ0n) is 12.8. The van der Waals surface area contributed by atoms with E-state index in [4.69, 9.17) is 0 Å². The normalized spacial score (nSPS) is 27.2. The predicted molar refractivity (Wildman–Crippen MR) is 81.7 cm³/mol. The Morgan fingerprint density at radius 3 is 2.30 bits per heavy atom. The van der Waals surface area contributed by atoms with Crippen molar-refractivity contribution in [1.29, 1.82) is 0 Å². The zero-order valence-corrected chi connectivity index (χ0v) is 13.7. The molecule has 2 aliphatic rings. The third-order valence-electron chi connectivity index (χ3n) is 4.47. The van der Waals surface area contributed by atoms with Gasteiger partial charge in [0.1, 0.15) is 0 Å². The van der Waals surface area contributed by atoms with Gasteiger partial charge in [0.25, 0.3) is 10.2 Å². The molecule has 2 rings (SSSR count). The topological polar surface area (TPSA) is 52.7 Å². The van der Waals surface area contributed by atoms with Gasteiger partial charge < -0.3 is 5.32 Å². The lowest BCUT2D eigenvalue weighted by molar-refractivity contribution is 0.253. The summed E-state index contributed by atoms with van der Waals surface area (Å²) < 4.78 is 28.4. The minimum Gasteiger partial charge on any atom is -0.316 e. The van der Waals surface area contributed by atoms with E-state index in [1.165, 1.54) is 0 Å². The fourth-order valence-electron chi connectivity index (χ4n) is 3.09. The molecule has 0 spiro atoms. The quantitative estimate of drug-likeness (QED) is 0.752. The Labute approximate surface area is 123 Å². The van der Waals surface area contributed by atoms with Gasteiger partial charge in [0, 0.05) is 26.2 Å². The van der Waals surface area contributed by atoms with Crippen LogP contribution in [0.1, 0.15) is 39.5 Å². The van der Waals surface area contributed by atoms with Gasteiger partial charge in [-0.05, 0) is 50.6 Å². The van der Waals surface area contributed by atoms with Crippen LogP contribution in [0.15, 0.2) is 0 Å². The van der Waals surface area contributed by atoms with Crippen molar-refractivity contribution in [3.63, 3.8) is 0 Å². The molecular formula is C14H29N3O2S. The van der Waals surface area contributed by atoms with Gasteiger partial charge in [-0.3, -0.25) is 0 Å². The van der Waals surface area contributed by atoms with E-state index in [1.54, 1.807) is 8.61 Å². The molecule has 0 amide bonds. The molecule has 2 heterocycles. The first kappa shape index (κ1) is 16.2. The number of nitrogens with zero attached hydrogens (tertiary/aromatic N) is 2. The number of piperidine rings is 1. The monoisotopic (exact) mass is 303 g/mol. The Bertz CT molecular complexity index is 391. The van der Waals surface area contributed by atoms with Gasteiger partial charge in [0.15, 0.2) is 0 Å². The van der Waals surface area contributed by atoms with Crippen molar-refractivity contribution in [2.24, 2.45) is 11.8 Å². The summed E-state index contributed by atoms with van der Waals surface area (Å²) in [4.78, 5) is 0. The maximum Gasteiger partial charge on any atom is 0.281 e. The molecule has 0 radical (unpaired) electrons. The molecule has 0 aliphatic carbocycles. The van der Waals surface area contributed by atoms with E-state index in [2.05, 4.69) is 19.2 Å². The summed E-state index contributed by atoms with van der Waals surface area (Å²) in [6, 6.07) is 0. The van der Waals surface area contributed by atoms with Crippen LogP contribution in [0.25, 0.3) is 0 Å². The highest BCUT2D eigenvalue weighted by atomic mass is 32.2. The average Bonchev–Trinajstić information content (AvgIpc) is 2.87. The van der Waals surface area contributed by atoms with Crippen LogP contribution in [0.4, 0.5) is 0 Å². The Hall–Kier alpha value is -0.170. The van der Waals surface area contributed by atoms with Gasteiger partial charge in [0.2, 0.25) is 0 Å². The van der Waals surface area contributed by atoms with E-state index in [9.17, 15) is 8.42 Å². The van der Waals surface area contributed by atoms with Gasteiger partial charge in [-0.2, -0.15) is 17.0 Å². The molecular weight excluding hydrogens is 274 g/mol. The summed E-state index contributed by atoms with van der Waals surface area (Å²) >= 11 is 0. The SMILES string of the molecule is CCCNCC1CCN(S(=O)(=O)N2CCC(C)C2)CC1. The standard InChI is InChI=1S/C14H29N3O2S/c1-3-7-15-11-14-5-9-16(10-6-14)20(18,19)17-8-4-13(2)12-17/h13-15H,3-12H2,1-2H3. The zero-order chi connectivity index (χ0) is 14.6. The minimum absolute atomic E-state index is 0.501. The van der Waals surface area contributed by atoms with Gasteiger partial charge in [-0.15, -0.1) is 0 Å². The summed E-state index contributed by atoms with van der Waals surface area (Å²) in [5.74, 6) is 1.13. The van der Waals surface area contributed by atoms with Crippen molar-refractivity contribution in [3.8, 4) is 0 Å². The second-order valence-electron chi connectivity index (χ2n) is 6.31. The van der Waals surface area contributed by atoms with Crippen molar-refractivity contribution >= 4 is 10.2 Å². The van der Waals surface area contributed by atoms with Crippen molar-refractivity contribution in [1.82, 2.24) is 13.9 Å². The molecule has 1 N–H and O–H groups in total. The van der Waals surface area contributed by atoms with Crippen LogP contribution in [0, 0.1) is 11.8 Å². The molecule has 0 aromatic carbocycles. The third-order valence-corrected chi connectivity index (χ3v) is 6.47. The molecule has 0 bridgehead atoms. The molecule has 20 heavy (non-hydrogen) atoms. The molecule has 2 saturated heterocycles. The molecule has 2 aliphatic heterocycles. The predicted octanol–water partition coefficient (Wildman–Crippen LogP) is 1.28. The summed E-state index contributed by atoms with van der Waals surface area (Å²) in [5.41, 5.74) is 0. The van der Waals surface area contributed by atoms with Gasteiger partial charge in [0.05, 0.1) is 0 Å². The van der Waals surface area contributed by atoms with Gasteiger partial charge in [-0.25, -0.2) is 0 Å². The van der Waals surface area contributed by atoms with Crippen molar-refractivity contribution in [3.05, 3.63) is 0 Å². The smallest absolute Gasteiger partial charge is 0.281 e. The second kappa shape index (κ2) is 7.20. The van der Waals surface area contributed by atoms with E-state index in [1.807, 2.05) is 0 Å². The summed E-state index contributed by atoms with van der Waals surface area (Å²) in [6.07, 6.45) is 4.12. The average molecular weight is 303 g/mol. The van der Waals surface area contributed by atoms with Crippen LogP contribution in [0.5, 0.6) is 0 Å². The Morgan fingerprint density at radius 2 is 1.75 bits per heavy atom. The van der Waals surface area contributed by atoms with Crippen molar-refractivity contribution < 1.29 is 8.42 Å². The lowest BCUT2D eigenvalue weighted by Gasteiger charge is -2.33. The largest absolute Gasteiger partial charge is 0.316 e. The number of rotatable bonds is 6. The minimum atomic E-state index is -3.20. The first-order valence-corrected chi connectivity index (χ1v) is 9.39. The van der Waals surface area contributed by atoms with E-state index >= 15 is 0 Å². The fourth-order valence-corrected chi connectivity index (χ4v) is 4.87.